The lowest BCUT2D eigenvalue weighted by Gasteiger charge is -2.13. The number of halogens is 1. The summed E-state index contributed by atoms with van der Waals surface area (Å²) in [6.45, 7) is 0. The number of hydrogen-bond donors (Lipinski definition) is 0. The number of hydrogen-bond acceptors (Lipinski definition) is 0. The van der Waals surface area contributed by atoms with Gasteiger partial charge in [0.25, 0.3) is 0 Å². The van der Waals surface area contributed by atoms with E-state index in [4.69, 9.17) is 0 Å². The highest BCUT2D eigenvalue weighted by Gasteiger charge is 2.44. The van der Waals surface area contributed by atoms with E-state index >= 15 is 0 Å². The van der Waals surface area contributed by atoms with Gasteiger partial charge in [0.05, 0.1) is 0 Å². The SMILES string of the molecule is IC1c2ccccc2C2c3ccccc3CC12. The van der Waals surface area contributed by atoms with E-state index in [9.17, 15) is 0 Å². The quantitative estimate of drug-likeness (QED) is 0.493. The van der Waals surface area contributed by atoms with E-state index in [1.165, 1.54) is 6.42 Å². The summed E-state index contributed by atoms with van der Waals surface area (Å²) in [5.41, 5.74) is 6.28. The number of benzene rings is 2. The van der Waals surface area contributed by atoms with Crippen LogP contribution in [0.5, 0.6) is 0 Å². The van der Waals surface area contributed by atoms with Crippen molar-refractivity contribution in [3.63, 3.8) is 0 Å². The predicted octanol–water partition coefficient (Wildman–Crippen LogP) is 4.48. The smallest absolute Gasteiger partial charge is 0.0402 e. The minimum Gasteiger partial charge on any atom is -0.0771 e. The van der Waals surface area contributed by atoms with E-state index in [0.29, 0.717) is 9.84 Å². The third-order valence-corrected chi connectivity index (χ3v) is 5.87. The van der Waals surface area contributed by atoms with Gasteiger partial charge >= 0.3 is 0 Å². The molecule has 3 atom stereocenters. The standard InChI is InChI=1S/C16H13I/c17-16-13-8-4-3-7-12(13)15-11-6-2-1-5-10(11)9-14(15)16/h1-8,14-16H,9H2. The van der Waals surface area contributed by atoms with Crippen molar-refractivity contribution in [3.8, 4) is 0 Å². The Morgan fingerprint density at radius 1 is 0.824 bits per heavy atom. The zero-order chi connectivity index (χ0) is 11.4. The van der Waals surface area contributed by atoms with Crippen LogP contribution in [0, 0.1) is 5.92 Å². The summed E-state index contributed by atoms with van der Waals surface area (Å²) in [7, 11) is 0. The van der Waals surface area contributed by atoms with Crippen LogP contribution in [-0.4, -0.2) is 0 Å². The van der Waals surface area contributed by atoms with Crippen molar-refractivity contribution in [3.05, 3.63) is 70.8 Å². The van der Waals surface area contributed by atoms with Gasteiger partial charge in [-0.25, -0.2) is 0 Å². The highest BCUT2D eigenvalue weighted by atomic mass is 127. The van der Waals surface area contributed by atoms with Gasteiger partial charge in [-0.3, -0.25) is 0 Å². The molecule has 1 heteroatoms. The molecule has 0 spiro atoms. The lowest BCUT2D eigenvalue weighted by atomic mass is 9.92. The third-order valence-electron chi connectivity index (χ3n) is 4.28. The molecule has 4 rings (SSSR count). The summed E-state index contributed by atoms with van der Waals surface area (Å²) in [6, 6.07) is 18.0. The van der Waals surface area contributed by atoms with E-state index in [1.807, 2.05) is 0 Å². The first-order valence-electron chi connectivity index (χ1n) is 6.17. The van der Waals surface area contributed by atoms with Crippen molar-refractivity contribution in [2.45, 2.75) is 16.3 Å². The molecule has 3 unspecified atom stereocenters. The van der Waals surface area contributed by atoms with Gasteiger partial charge in [0.1, 0.15) is 0 Å². The van der Waals surface area contributed by atoms with E-state index in [1.54, 1.807) is 22.3 Å². The summed E-state index contributed by atoms with van der Waals surface area (Å²) >= 11 is 2.64. The van der Waals surface area contributed by atoms with Crippen LogP contribution in [0.1, 0.15) is 32.1 Å². The van der Waals surface area contributed by atoms with E-state index in [2.05, 4.69) is 71.1 Å². The van der Waals surface area contributed by atoms with Gasteiger partial charge in [0.15, 0.2) is 0 Å². The average molecular weight is 332 g/mol. The fraction of sp³-hybridized carbons (Fsp3) is 0.250. The Labute approximate surface area is 115 Å². The number of fused-ring (bicyclic) bond motifs is 5. The van der Waals surface area contributed by atoms with Crippen molar-refractivity contribution in [2.24, 2.45) is 5.92 Å². The molecular formula is C16H13I. The van der Waals surface area contributed by atoms with Gasteiger partial charge in [-0.05, 0) is 34.6 Å². The number of rotatable bonds is 0. The molecular weight excluding hydrogens is 319 g/mol. The molecule has 0 heterocycles. The molecule has 0 aromatic heterocycles. The predicted molar refractivity (Wildman–Crippen MR) is 78.7 cm³/mol. The van der Waals surface area contributed by atoms with Crippen LogP contribution in [-0.2, 0) is 6.42 Å². The third kappa shape index (κ3) is 1.29. The van der Waals surface area contributed by atoms with Crippen LogP contribution < -0.4 is 0 Å². The first-order valence-corrected chi connectivity index (χ1v) is 7.41. The zero-order valence-electron chi connectivity index (χ0n) is 9.44. The highest BCUT2D eigenvalue weighted by Crippen LogP contribution is 2.57. The van der Waals surface area contributed by atoms with Crippen molar-refractivity contribution >= 4 is 22.6 Å². The summed E-state index contributed by atoms with van der Waals surface area (Å²) in [6.07, 6.45) is 1.25. The zero-order valence-corrected chi connectivity index (χ0v) is 11.6. The minimum atomic E-state index is 0.657. The molecule has 2 aliphatic rings. The largest absolute Gasteiger partial charge is 0.0771 e. The second kappa shape index (κ2) is 3.58. The van der Waals surface area contributed by atoms with Crippen LogP contribution in [0.15, 0.2) is 48.5 Å². The Bertz CT molecular complexity index is 588. The molecule has 0 N–H and O–H groups in total. The monoisotopic (exact) mass is 332 g/mol. The summed E-state index contributed by atoms with van der Waals surface area (Å²) < 4.78 is 0.682. The molecule has 17 heavy (non-hydrogen) atoms. The highest BCUT2D eigenvalue weighted by molar-refractivity contribution is 14.1. The van der Waals surface area contributed by atoms with Crippen LogP contribution in [0.4, 0.5) is 0 Å². The molecule has 0 bridgehead atoms. The minimum absolute atomic E-state index is 0.657. The Morgan fingerprint density at radius 3 is 2.29 bits per heavy atom. The Hall–Kier alpha value is -0.830. The van der Waals surface area contributed by atoms with Crippen molar-refractivity contribution in [2.75, 3.05) is 0 Å². The molecule has 84 valence electrons. The molecule has 2 aromatic rings. The van der Waals surface area contributed by atoms with Crippen molar-refractivity contribution in [1.29, 1.82) is 0 Å². The lowest BCUT2D eigenvalue weighted by molar-refractivity contribution is 0.549. The molecule has 0 saturated carbocycles. The molecule has 0 amide bonds. The first-order chi connectivity index (χ1) is 8.36. The topological polar surface area (TPSA) is 0 Å². The van der Waals surface area contributed by atoms with E-state index in [0.717, 1.165) is 5.92 Å². The summed E-state index contributed by atoms with van der Waals surface area (Å²) in [5.74, 6) is 1.44. The Morgan fingerprint density at radius 2 is 1.47 bits per heavy atom. The normalized spacial score (nSPS) is 28.6. The molecule has 0 nitrogen and oxygen atoms in total. The molecule has 2 aromatic carbocycles. The van der Waals surface area contributed by atoms with Gasteiger partial charge in [0, 0.05) is 9.84 Å². The first kappa shape index (κ1) is 10.1. The van der Waals surface area contributed by atoms with Crippen molar-refractivity contribution < 1.29 is 0 Å². The molecule has 0 aliphatic heterocycles. The second-order valence-electron chi connectivity index (χ2n) is 5.08. The molecule has 0 radical (unpaired) electrons. The van der Waals surface area contributed by atoms with Crippen LogP contribution in [0.2, 0.25) is 0 Å². The maximum atomic E-state index is 2.64. The maximum Gasteiger partial charge on any atom is 0.0402 e. The van der Waals surface area contributed by atoms with E-state index < -0.39 is 0 Å². The van der Waals surface area contributed by atoms with Gasteiger partial charge in [-0.15, -0.1) is 0 Å². The van der Waals surface area contributed by atoms with Gasteiger partial charge in [-0.2, -0.15) is 0 Å². The molecule has 2 aliphatic carbocycles. The summed E-state index contributed by atoms with van der Waals surface area (Å²) in [5, 5.41) is 0. The fourth-order valence-electron chi connectivity index (χ4n) is 3.57. The van der Waals surface area contributed by atoms with Gasteiger partial charge in [-0.1, -0.05) is 71.1 Å². The Kier molecular flexibility index (Phi) is 2.13. The van der Waals surface area contributed by atoms with Crippen LogP contribution in [0.3, 0.4) is 0 Å². The number of alkyl halides is 1. The molecule has 0 fully saturated rings. The lowest BCUT2D eigenvalue weighted by Crippen LogP contribution is -2.04. The van der Waals surface area contributed by atoms with Crippen molar-refractivity contribution in [1.82, 2.24) is 0 Å². The van der Waals surface area contributed by atoms with Gasteiger partial charge in [0.2, 0.25) is 0 Å². The fourth-order valence-corrected chi connectivity index (χ4v) is 4.81. The second-order valence-corrected chi connectivity index (χ2v) is 6.42. The maximum absolute atomic E-state index is 2.64. The summed E-state index contributed by atoms with van der Waals surface area (Å²) in [4.78, 5) is 0. The van der Waals surface area contributed by atoms with Crippen LogP contribution in [0.25, 0.3) is 0 Å². The van der Waals surface area contributed by atoms with E-state index in [-0.39, 0.29) is 0 Å². The van der Waals surface area contributed by atoms with Crippen LogP contribution >= 0.6 is 22.6 Å². The average Bonchev–Trinajstić information content (AvgIpc) is 2.88. The van der Waals surface area contributed by atoms with Gasteiger partial charge < -0.3 is 0 Å². The molecule has 0 saturated heterocycles. The Balaban J connectivity index is 1.95.